The Morgan fingerprint density at radius 3 is 2.60 bits per heavy atom. The second kappa shape index (κ2) is 7.64. The van der Waals surface area contributed by atoms with Crippen molar-refractivity contribution >= 4 is 15.9 Å². The minimum atomic E-state index is -3.98. The van der Waals surface area contributed by atoms with E-state index in [0.717, 1.165) is 0 Å². The molecular weight excluding hydrogens is 349 g/mol. The zero-order valence-corrected chi connectivity index (χ0v) is 15.1. The molecule has 0 aliphatic rings. The average molecular weight is 369 g/mol. The van der Waals surface area contributed by atoms with Crippen molar-refractivity contribution in [2.45, 2.75) is 31.6 Å². The van der Waals surface area contributed by atoms with Gasteiger partial charge in [0.2, 0.25) is 5.91 Å². The molecule has 0 atom stereocenters. The fraction of sp³-hybridized carbons (Fsp3) is 0.375. The van der Waals surface area contributed by atoms with Gasteiger partial charge in [-0.05, 0) is 32.4 Å². The van der Waals surface area contributed by atoms with E-state index < -0.39 is 21.7 Å². The van der Waals surface area contributed by atoms with Crippen LogP contribution in [-0.2, 0) is 21.9 Å². The Kier molecular flexibility index (Phi) is 5.78. The largest absolute Gasteiger partial charge is 0.491 e. The summed E-state index contributed by atoms with van der Waals surface area (Å²) in [6.45, 7) is 3.27. The third-order valence-electron chi connectivity index (χ3n) is 3.60. The van der Waals surface area contributed by atoms with Gasteiger partial charge in [-0.3, -0.25) is 9.48 Å². The lowest BCUT2D eigenvalue weighted by Crippen LogP contribution is -2.31. The summed E-state index contributed by atoms with van der Waals surface area (Å²) in [6, 6.07) is 5.93. The minimum absolute atomic E-state index is 0.00552. The molecule has 7 nitrogen and oxygen atoms in total. The summed E-state index contributed by atoms with van der Waals surface area (Å²) in [5.74, 6) is -1.05. The first-order chi connectivity index (χ1) is 11.7. The van der Waals surface area contributed by atoms with Gasteiger partial charge in [-0.25, -0.2) is 17.5 Å². The van der Waals surface area contributed by atoms with E-state index >= 15 is 0 Å². The predicted octanol–water partition coefficient (Wildman–Crippen LogP) is 1.84. The summed E-state index contributed by atoms with van der Waals surface area (Å²) in [5.41, 5.74) is 0.767. The number of nitrogens with one attached hydrogen (secondary N) is 1. The third-order valence-corrected chi connectivity index (χ3v) is 5.23. The second-order valence-corrected chi connectivity index (χ2v) is 7.15. The number of hydrogen-bond acceptors (Lipinski definition) is 5. The Morgan fingerprint density at radius 1 is 1.32 bits per heavy atom. The van der Waals surface area contributed by atoms with E-state index in [9.17, 15) is 17.6 Å². The Morgan fingerprint density at radius 2 is 2.00 bits per heavy atom. The molecule has 0 aliphatic carbocycles. The van der Waals surface area contributed by atoms with Crippen LogP contribution in [0.15, 0.2) is 29.2 Å². The molecule has 2 aromatic rings. The number of aromatic nitrogens is 2. The number of aryl methyl sites for hydroxylation is 2. The maximum atomic E-state index is 13.4. The summed E-state index contributed by atoms with van der Waals surface area (Å²) in [5, 5.41) is 4.03. The summed E-state index contributed by atoms with van der Waals surface area (Å²) < 4.78 is 46.7. The summed E-state index contributed by atoms with van der Waals surface area (Å²) in [6.07, 6.45) is 0.187. The van der Waals surface area contributed by atoms with E-state index in [1.807, 2.05) is 4.72 Å². The number of amides is 1. The van der Waals surface area contributed by atoms with Gasteiger partial charge in [0.25, 0.3) is 10.0 Å². The van der Waals surface area contributed by atoms with Crippen LogP contribution in [0.5, 0.6) is 5.75 Å². The number of nitrogens with zero attached hydrogens (tertiary/aromatic N) is 2. The van der Waals surface area contributed by atoms with Gasteiger partial charge in [0, 0.05) is 13.5 Å². The molecule has 2 rings (SSSR count). The fourth-order valence-electron chi connectivity index (χ4n) is 2.37. The number of carbonyl (C=O) groups excluding carboxylic acids is 1. The molecule has 0 spiro atoms. The molecule has 25 heavy (non-hydrogen) atoms. The Bertz CT molecular complexity index is 878. The van der Waals surface area contributed by atoms with E-state index in [1.54, 1.807) is 33.0 Å². The van der Waals surface area contributed by atoms with Gasteiger partial charge in [-0.15, -0.1) is 0 Å². The van der Waals surface area contributed by atoms with Crippen molar-refractivity contribution in [3.8, 4) is 5.75 Å². The molecule has 0 saturated carbocycles. The van der Waals surface area contributed by atoms with Gasteiger partial charge in [0.1, 0.15) is 4.90 Å². The van der Waals surface area contributed by atoms with Crippen molar-refractivity contribution in [1.82, 2.24) is 14.5 Å². The molecule has 1 aromatic carbocycles. The lowest BCUT2D eigenvalue weighted by Gasteiger charge is -2.08. The summed E-state index contributed by atoms with van der Waals surface area (Å²) in [7, 11) is -2.35. The summed E-state index contributed by atoms with van der Waals surface area (Å²) in [4.78, 5) is 11.9. The number of benzene rings is 1. The molecule has 0 radical (unpaired) electrons. The second-order valence-electron chi connectivity index (χ2n) is 5.53. The first kappa shape index (κ1) is 18.9. The number of rotatable bonds is 7. The third kappa shape index (κ3) is 4.56. The molecule has 1 aromatic heterocycles. The first-order valence-electron chi connectivity index (χ1n) is 7.65. The van der Waals surface area contributed by atoms with Crippen LogP contribution in [-0.4, -0.2) is 30.7 Å². The zero-order valence-electron chi connectivity index (χ0n) is 14.2. The van der Waals surface area contributed by atoms with Crippen LogP contribution in [0.2, 0.25) is 0 Å². The average Bonchev–Trinajstić information content (AvgIpc) is 2.78. The Balaban J connectivity index is 1.88. The quantitative estimate of drug-likeness (QED) is 0.752. The van der Waals surface area contributed by atoms with Crippen molar-refractivity contribution in [3.63, 3.8) is 0 Å². The van der Waals surface area contributed by atoms with Gasteiger partial charge in [-0.1, -0.05) is 12.1 Å². The van der Waals surface area contributed by atoms with Gasteiger partial charge < -0.3 is 4.74 Å². The highest BCUT2D eigenvalue weighted by Crippen LogP contribution is 2.18. The van der Waals surface area contributed by atoms with E-state index in [-0.39, 0.29) is 30.1 Å². The van der Waals surface area contributed by atoms with Crippen molar-refractivity contribution in [3.05, 3.63) is 41.5 Å². The van der Waals surface area contributed by atoms with Crippen molar-refractivity contribution in [2.24, 2.45) is 7.05 Å². The lowest BCUT2D eigenvalue weighted by molar-refractivity contribution is -0.119. The number of ether oxygens (including phenoxy) is 1. The van der Waals surface area contributed by atoms with E-state index in [0.29, 0.717) is 11.4 Å². The molecular formula is C16H20FN3O4S. The smallest absolute Gasteiger partial charge is 0.267 e. The monoisotopic (exact) mass is 369 g/mol. The van der Waals surface area contributed by atoms with E-state index in [4.69, 9.17) is 4.74 Å². The highest BCUT2D eigenvalue weighted by molar-refractivity contribution is 7.90. The Labute approximate surface area is 145 Å². The number of para-hydroxylation sites is 1. The number of hydrogen-bond donors (Lipinski definition) is 1. The van der Waals surface area contributed by atoms with Crippen LogP contribution >= 0.6 is 0 Å². The van der Waals surface area contributed by atoms with Crippen LogP contribution in [0.25, 0.3) is 0 Å². The normalized spacial score (nSPS) is 11.4. The molecule has 0 saturated heterocycles. The number of sulfonamides is 1. The predicted molar refractivity (Wildman–Crippen MR) is 89.1 cm³/mol. The highest BCUT2D eigenvalue weighted by atomic mass is 32.2. The van der Waals surface area contributed by atoms with E-state index in [2.05, 4.69) is 5.10 Å². The molecule has 136 valence electrons. The molecule has 0 aliphatic heterocycles. The SMILES string of the molecule is Cc1nn(C)c(C)c1S(=O)(=O)NC(=O)CCCOc1ccccc1F. The van der Waals surface area contributed by atoms with Gasteiger partial charge in [-0.2, -0.15) is 5.10 Å². The molecule has 0 unspecified atom stereocenters. The standard InChI is InChI=1S/C16H20FN3O4S/c1-11-16(12(2)20(3)18-11)25(22,23)19-15(21)9-6-10-24-14-8-5-4-7-13(14)17/h4-5,7-8H,6,9-10H2,1-3H3,(H,19,21). The topological polar surface area (TPSA) is 90.3 Å². The Hall–Kier alpha value is -2.42. The van der Waals surface area contributed by atoms with Crippen LogP contribution in [0, 0.1) is 19.7 Å². The van der Waals surface area contributed by atoms with Crippen molar-refractivity contribution < 1.29 is 22.3 Å². The van der Waals surface area contributed by atoms with Crippen LogP contribution in [0.3, 0.4) is 0 Å². The molecule has 9 heteroatoms. The van der Waals surface area contributed by atoms with Gasteiger partial charge in [0.15, 0.2) is 11.6 Å². The number of carbonyl (C=O) groups is 1. The highest BCUT2D eigenvalue weighted by Gasteiger charge is 2.25. The molecule has 0 bridgehead atoms. The van der Waals surface area contributed by atoms with Gasteiger partial charge in [0.05, 0.1) is 18.0 Å². The zero-order chi connectivity index (χ0) is 18.6. The fourth-order valence-corrected chi connectivity index (χ4v) is 3.83. The number of halogens is 1. The first-order valence-corrected chi connectivity index (χ1v) is 9.14. The van der Waals surface area contributed by atoms with Crippen LogP contribution < -0.4 is 9.46 Å². The molecule has 1 amide bonds. The molecule has 0 fully saturated rings. The lowest BCUT2D eigenvalue weighted by atomic mass is 10.3. The molecule has 1 N–H and O–H groups in total. The van der Waals surface area contributed by atoms with Gasteiger partial charge >= 0.3 is 0 Å². The maximum Gasteiger partial charge on any atom is 0.267 e. The van der Waals surface area contributed by atoms with Crippen LogP contribution in [0.1, 0.15) is 24.2 Å². The van der Waals surface area contributed by atoms with Crippen molar-refractivity contribution in [1.29, 1.82) is 0 Å². The maximum absolute atomic E-state index is 13.4. The van der Waals surface area contributed by atoms with Crippen LogP contribution in [0.4, 0.5) is 4.39 Å². The summed E-state index contributed by atoms with van der Waals surface area (Å²) >= 11 is 0. The van der Waals surface area contributed by atoms with E-state index in [1.165, 1.54) is 16.8 Å². The minimum Gasteiger partial charge on any atom is -0.491 e. The van der Waals surface area contributed by atoms with Crippen molar-refractivity contribution in [2.75, 3.05) is 6.61 Å². The molecule has 1 heterocycles.